The van der Waals surface area contributed by atoms with Gasteiger partial charge in [0.15, 0.2) is 5.65 Å². The Hall–Kier alpha value is -4.07. The van der Waals surface area contributed by atoms with Crippen molar-refractivity contribution in [1.82, 2.24) is 14.6 Å². The van der Waals surface area contributed by atoms with E-state index in [2.05, 4.69) is 40.5 Å². The van der Waals surface area contributed by atoms with E-state index < -0.39 is 0 Å². The molecule has 5 rings (SSSR count). The first-order valence-electron chi connectivity index (χ1n) is 12.2. The molecule has 2 aromatic carbocycles. The molecule has 0 aliphatic carbocycles. The zero-order chi connectivity index (χ0) is 24.4. The SMILES string of the molecule is CCc1cnn2c(Nc3cccc(NC(=O)c4ccc(N)cc4)c3)cc(N3CCCC(C)C3)nc12. The standard InChI is InChI=1S/C27H31N7O/c1-3-19-16-29-34-25(15-24(32-26(19)34)33-13-5-6-18(2)17-33)30-22-7-4-8-23(14-22)31-27(35)20-9-11-21(28)12-10-20/h4,7-12,14-16,18,30H,3,5-6,13,17,28H2,1-2H3,(H,31,35). The monoisotopic (exact) mass is 469 g/mol. The molecule has 1 saturated heterocycles. The van der Waals surface area contributed by atoms with Crippen molar-refractivity contribution in [2.75, 3.05) is 34.4 Å². The lowest BCUT2D eigenvalue weighted by Gasteiger charge is -2.32. The normalized spacial score (nSPS) is 15.8. The molecular formula is C27H31N7O. The summed E-state index contributed by atoms with van der Waals surface area (Å²) in [6, 6.07) is 16.6. The zero-order valence-corrected chi connectivity index (χ0v) is 20.2. The quantitative estimate of drug-likeness (QED) is 0.340. The first-order valence-corrected chi connectivity index (χ1v) is 12.2. The Morgan fingerprint density at radius 2 is 1.94 bits per heavy atom. The number of carbonyl (C=O) groups excluding carboxylic acids is 1. The number of hydrogen-bond acceptors (Lipinski definition) is 6. The van der Waals surface area contributed by atoms with Gasteiger partial charge in [-0.15, -0.1) is 0 Å². The van der Waals surface area contributed by atoms with Crippen LogP contribution in [0.1, 0.15) is 42.6 Å². The molecule has 0 spiro atoms. The van der Waals surface area contributed by atoms with Crippen LogP contribution in [0.15, 0.2) is 60.8 Å². The van der Waals surface area contributed by atoms with E-state index in [0.717, 1.165) is 48.0 Å². The van der Waals surface area contributed by atoms with Crippen molar-refractivity contribution in [3.05, 3.63) is 71.9 Å². The maximum Gasteiger partial charge on any atom is 0.255 e. The second-order valence-electron chi connectivity index (χ2n) is 9.23. The Balaban J connectivity index is 1.43. The molecule has 3 heterocycles. The van der Waals surface area contributed by atoms with Gasteiger partial charge < -0.3 is 21.3 Å². The number of rotatable bonds is 6. The Morgan fingerprint density at radius 3 is 2.71 bits per heavy atom. The number of nitrogens with one attached hydrogen (secondary N) is 2. The highest BCUT2D eigenvalue weighted by Crippen LogP contribution is 2.28. The second kappa shape index (κ2) is 9.66. The lowest BCUT2D eigenvalue weighted by Crippen LogP contribution is -2.35. The van der Waals surface area contributed by atoms with Gasteiger partial charge in [0.2, 0.25) is 0 Å². The van der Waals surface area contributed by atoms with Crippen LogP contribution in [0, 0.1) is 5.92 Å². The summed E-state index contributed by atoms with van der Waals surface area (Å²) < 4.78 is 1.86. The molecule has 1 fully saturated rings. The van der Waals surface area contributed by atoms with Gasteiger partial charge in [-0.05, 0) is 67.6 Å². The van der Waals surface area contributed by atoms with Crippen LogP contribution in [0.25, 0.3) is 5.65 Å². The Kier molecular flexibility index (Phi) is 6.27. The summed E-state index contributed by atoms with van der Waals surface area (Å²) in [5.74, 6) is 2.27. The molecule has 1 aliphatic rings. The van der Waals surface area contributed by atoms with E-state index in [1.54, 1.807) is 24.3 Å². The zero-order valence-electron chi connectivity index (χ0n) is 20.2. The number of aryl methyl sites for hydroxylation is 1. The molecule has 8 nitrogen and oxygen atoms in total. The third-order valence-corrected chi connectivity index (χ3v) is 6.46. The van der Waals surface area contributed by atoms with Crippen molar-refractivity contribution in [2.24, 2.45) is 5.92 Å². The van der Waals surface area contributed by atoms with Crippen molar-refractivity contribution < 1.29 is 4.79 Å². The summed E-state index contributed by atoms with van der Waals surface area (Å²) in [5.41, 5.74) is 10.4. The van der Waals surface area contributed by atoms with Gasteiger partial charge in [0.1, 0.15) is 11.6 Å². The number of anilines is 5. The molecule has 0 bridgehead atoms. The van der Waals surface area contributed by atoms with E-state index in [0.29, 0.717) is 22.9 Å². The molecule has 2 aromatic heterocycles. The van der Waals surface area contributed by atoms with Gasteiger partial charge >= 0.3 is 0 Å². The van der Waals surface area contributed by atoms with Gasteiger partial charge in [0.05, 0.1) is 6.20 Å². The number of carbonyl (C=O) groups is 1. The van der Waals surface area contributed by atoms with Crippen molar-refractivity contribution in [1.29, 1.82) is 0 Å². The molecule has 1 atom stereocenters. The highest BCUT2D eigenvalue weighted by Gasteiger charge is 2.20. The topological polar surface area (TPSA) is 101 Å². The molecule has 1 amide bonds. The number of nitrogens with zero attached hydrogens (tertiary/aromatic N) is 4. The fourth-order valence-corrected chi connectivity index (χ4v) is 4.55. The average Bonchev–Trinajstić information content (AvgIpc) is 3.28. The maximum absolute atomic E-state index is 12.7. The number of benzene rings is 2. The van der Waals surface area contributed by atoms with Crippen molar-refractivity contribution in [3.8, 4) is 0 Å². The third kappa shape index (κ3) is 4.91. The summed E-state index contributed by atoms with van der Waals surface area (Å²) in [5, 5.41) is 11.1. The molecule has 0 radical (unpaired) electrons. The van der Waals surface area contributed by atoms with E-state index >= 15 is 0 Å². The van der Waals surface area contributed by atoms with Crippen LogP contribution in [0.4, 0.5) is 28.7 Å². The molecule has 4 N–H and O–H groups in total. The molecule has 8 heteroatoms. The van der Waals surface area contributed by atoms with E-state index in [9.17, 15) is 4.79 Å². The highest BCUT2D eigenvalue weighted by atomic mass is 16.1. The van der Waals surface area contributed by atoms with Crippen LogP contribution < -0.4 is 21.3 Å². The Labute approximate surface area is 205 Å². The molecular weight excluding hydrogens is 438 g/mol. The summed E-state index contributed by atoms with van der Waals surface area (Å²) in [6.45, 7) is 6.43. The largest absolute Gasteiger partial charge is 0.399 e. The van der Waals surface area contributed by atoms with Crippen molar-refractivity contribution >= 4 is 40.3 Å². The number of nitrogen functional groups attached to an aromatic ring is 1. The van der Waals surface area contributed by atoms with Gasteiger partial charge in [0.25, 0.3) is 5.91 Å². The van der Waals surface area contributed by atoms with Gasteiger partial charge in [-0.25, -0.2) is 4.98 Å². The predicted molar refractivity (Wildman–Crippen MR) is 142 cm³/mol. The smallest absolute Gasteiger partial charge is 0.255 e. The summed E-state index contributed by atoms with van der Waals surface area (Å²) in [6.07, 6.45) is 5.18. The number of fused-ring (bicyclic) bond motifs is 1. The van der Waals surface area contributed by atoms with Gasteiger partial charge in [0, 0.05) is 47.3 Å². The fraction of sp³-hybridized carbons (Fsp3) is 0.296. The van der Waals surface area contributed by atoms with Gasteiger partial charge in [-0.1, -0.05) is 19.9 Å². The number of piperidine rings is 1. The number of hydrogen-bond donors (Lipinski definition) is 3. The molecule has 4 aromatic rings. The summed E-state index contributed by atoms with van der Waals surface area (Å²) in [4.78, 5) is 20.0. The van der Waals surface area contributed by atoms with Crippen molar-refractivity contribution in [3.63, 3.8) is 0 Å². The number of aromatic nitrogens is 3. The van der Waals surface area contributed by atoms with E-state index in [1.807, 2.05) is 35.0 Å². The van der Waals surface area contributed by atoms with E-state index in [4.69, 9.17) is 10.7 Å². The molecule has 35 heavy (non-hydrogen) atoms. The van der Waals surface area contributed by atoms with Crippen molar-refractivity contribution in [2.45, 2.75) is 33.1 Å². The van der Waals surface area contributed by atoms with Crippen LogP contribution in [-0.4, -0.2) is 33.6 Å². The maximum atomic E-state index is 12.7. The Bertz CT molecular complexity index is 1350. The first kappa shape index (κ1) is 22.7. The first-order chi connectivity index (χ1) is 17.0. The average molecular weight is 470 g/mol. The predicted octanol–water partition coefficient (Wildman–Crippen LogP) is 5.11. The van der Waals surface area contributed by atoms with Crippen LogP contribution in [0.5, 0.6) is 0 Å². The van der Waals surface area contributed by atoms with Gasteiger partial charge in [-0.3, -0.25) is 4.79 Å². The molecule has 180 valence electrons. The van der Waals surface area contributed by atoms with Crippen LogP contribution in [-0.2, 0) is 6.42 Å². The highest BCUT2D eigenvalue weighted by molar-refractivity contribution is 6.04. The second-order valence-corrected chi connectivity index (χ2v) is 9.23. The fourth-order valence-electron chi connectivity index (χ4n) is 4.55. The molecule has 1 unspecified atom stereocenters. The molecule has 0 saturated carbocycles. The summed E-state index contributed by atoms with van der Waals surface area (Å²) >= 11 is 0. The van der Waals surface area contributed by atoms with E-state index in [1.165, 1.54) is 12.8 Å². The lowest BCUT2D eigenvalue weighted by molar-refractivity contribution is 0.102. The Morgan fingerprint density at radius 1 is 1.14 bits per heavy atom. The minimum Gasteiger partial charge on any atom is -0.399 e. The van der Waals surface area contributed by atoms with Crippen LogP contribution >= 0.6 is 0 Å². The molecule has 1 aliphatic heterocycles. The number of nitrogens with two attached hydrogens (primary N) is 1. The lowest BCUT2D eigenvalue weighted by atomic mass is 10.0. The third-order valence-electron chi connectivity index (χ3n) is 6.46. The van der Waals surface area contributed by atoms with Crippen LogP contribution in [0.3, 0.4) is 0 Å². The minimum absolute atomic E-state index is 0.186. The van der Waals surface area contributed by atoms with Gasteiger partial charge in [-0.2, -0.15) is 9.61 Å². The summed E-state index contributed by atoms with van der Waals surface area (Å²) in [7, 11) is 0. The van der Waals surface area contributed by atoms with Crippen LogP contribution in [0.2, 0.25) is 0 Å². The van der Waals surface area contributed by atoms with E-state index in [-0.39, 0.29) is 5.91 Å². The number of amides is 1. The minimum atomic E-state index is -0.186.